The van der Waals surface area contributed by atoms with Crippen LogP contribution in [0.15, 0.2) is 11.0 Å². The molecule has 0 aromatic carbocycles. The Labute approximate surface area is 173 Å². The van der Waals surface area contributed by atoms with E-state index < -0.39 is 11.7 Å². The SMILES string of the molecule is CNC(=O)NC[C@H]1CC[C@H](NC(=O)O[C@@H]2CCN(c3cn[nH]c(=O)c3Cl)C2)CC1. The highest BCUT2D eigenvalue weighted by Crippen LogP contribution is 2.26. The number of carbonyl (C=O) groups excluding carboxylic acids is 2. The maximum Gasteiger partial charge on any atom is 0.407 e. The Morgan fingerprint density at radius 1 is 1.31 bits per heavy atom. The van der Waals surface area contributed by atoms with Gasteiger partial charge in [0.2, 0.25) is 0 Å². The molecule has 29 heavy (non-hydrogen) atoms. The van der Waals surface area contributed by atoms with E-state index in [4.69, 9.17) is 16.3 Å². The van der Waals surface area contributed by atoms with Crippen molar-refractivity contribution in [2.75, 3.05) is 31.6 Å². The van der Waals surface area contributed by atoms with E-state index in [1.165, 1.54) is 6.20 Å². The number of halogens is 1. The maximum atomic E-state index is 12.3. The summed E-state index contributed by atoms with van der Waals surface area (Å²) in [5.74, 6) is 0.428. The van der Waals surface area contributed by atoms with Crippen LogP contribution in [-0.4, -0.2) is 61.1 Å². The molecule has 0 unspecified atom stereocenters. The number of H-pyrrole nitrogens is 1. The Bertz CT molecular complexity index is 780. The highest BCUT2D eigenvalue weighted by molar-refractivity contribution is 6.33. The van der Waals surface area contributed by atoms with Gasteiger partial charge in [0.1, 0.15) is 11.1 Å². The van der Waals surface area contributed by atoms with Gasteiger partial charge in [-0.1, -0.05) is 11.6 Å². The molecule has 10 nitrogen and oxygen atoms in total. The third-order valence-corrected chi connectivity index (χ3v) is 5.85. The molecule has 1 aliphatic heterocycles. The van der Waals surface area contributed by atoms with Gasteiger partial charge in [-0.25, -0.2) is 14.7 Å². The first kappa shape index (κ1) is 21.2. The first-order chi connectivity index (χ1) is 14.0. The van der Waals surface area contributed by atoms with Gasteiger partial charge in [0.15, 0.2) is 0 Å². The average Bonchev–Trinajstić information content (AvgIpc) is 3.17. The summed E-state index contributed by atoms with van der Waals surface area (Å²) in [6.07, 6.45) is 5.09. The number of aromatic amines is 1. The van der Waals surface area contributed by atoms with Crippen LogP contribution in [0.2, 0.25) is 5.02 Å². The quantitative estimate of drug-likeness (QED) is 0.560. The smallest absolute Gasteiger partial charge is 0.407 e. The van der Waals surface area contributed by atoms with E-state index in [9.17, 15) is 14.4 Å². The molecule has 0 bridgehead atoms. The third-order valence-electron chi connectivity index (χ3n) is 5.48. The summed E-state index contributed by atoms with van der Waals surface area (Å²) in [6.45, 7) is 1.75. The van der Waals surface area contributed by atoms with E-state index in [2.05, 4.69) is 26.1 Å². The number of nitrogens with zero attached hydrogens (tertiary/aromatic N) is 2. The molecular formula is C18H27ClN6O4. The number of urea groups is 1. The zero-order valence-electron chi connectivity index (χ0n) is 16.4. The molecule has 4 N–H and O–H groups in total. The zero-order valence-corrected chi connectivity index (χ0v) is 17.1. The van der Waals surface area contributed by atoms with Crippen molar-refractivity contribution in [3.05, 3.63) is 21.6 Å². The second-order valence-corrected chi connectivity index (χ2v) is 7.86. The van der Waals surface area contributed by atoms with Gasteiger partial charge in [-0.2, -0.15) is 5.10 Å². The molecule has 1 aliphatic carbocycles. The van der Waals surface area contributed by atoms with Crippen molar-refractivity contribution in [2.45, 2.75) is 44.2 Å². The van der Waals surface area contributed by atoms with Gasteiger partial charge >= 0.3 is 12.1 Å². The molecule has 1 saturated carbocycles. The van der Waals surface area contributed by atoms with Crippen molar-refractivity contribution in [2.24, 2.45) is 5.92 Å². The van der Waals surface area contributed by atoms with Crippen LogP contribution in [0, 0.1) is 5.92 Å². The molecule has 0 radical (unpaired) electrons. The molecule has 1 aromatic rings. The van der Waals surface area contributed by atoms with Crippen molar-refractivity contribution in [1.82, 2.24) is 26.1 Å². The van der Waals surface area contributed by atoms with Gasteiger partial charge in [-0.05, 0) is 31.6 Å². The Morgan fingerprint density at radius 2 is 2.07 bits per heavy atom. The van der Waals surface area contributed by atoms with E-state index in [1.54, 1.807) is 7.05 Å². The summed E-state index contributed by atoms with van der Waals surface area (Å²) >= 11 is 6.04. The lowest BCUT2D eigenvalue weighted by Gasteiger charge is -2.29. The lowest BCUT2D eigenvalue weighted by Crippen LogP contribution is -2.42. The molecule has 3 amide bonds. The summed E-state index contributed by atoms with van der Waals surface area (Å²) in [5, 5.41) is 14.5. The van der Waals surface area contributed by atoms with Crippen molar-refractivity contribution in [1.29, 1.82) is 0 Å². The number of alkyl carbamates (subject to hydrolysis) is 1. The highest BCUT2D eigenvalue weighted by Gasteiger charge is 2.29. The zero-order chi connectivity index (χ0) is 20.8. The number of ether oxygens (including phenoxy) is 1. The van der Waals surface area contributed by atoms with Crippen molar-refractivity contribution < 1.29 is 14.3 Å². The van der Waals surface area contributed by atoms with Crippen molar-refractivity contribution >= 4 is 29.4 Å². The molecular weight excluding hydrogens is 400 g/mol. The second-order valence-electron chi connectivity index (χ2n) is 7.48. The molecule has 1 aromatic heterocycles. The number of hydrogen-bond acceptors (Lipinski definition) is 6. The van der Waals surface area contributed by atoms with E-state index in [0.717, 1.165) is 25.7 Å². The fourth-order valence-corrected chi connectivity index (χ4v) is 4.04. The molecule has 2 heterocycles. The molecule has 160 valence electrons. The summed E-state index contributed by atoms with van der Waals surface area (Å²) in [6, 6.07) is -0.0841. The number of nitrogens with one attached hydrogen (secondary N) is 4. The van der Waals surface area contributed by atoms with Crippen LogP contribution in [0.25, 0.3) is 0 Å². The minimum absolute atomic E-state index is 0.0857. The van der Waals surface area contributed by atoms with Gasteiger partial charge in [0, 0.05) is 32.6 Å². The normalized spacial score (nSPS) is 24.1. The van der Waals surface area contributed by atoms with Crippen LogP contribution in [0.4, 0.5) is 15.3 Å². The van der Waals surface area contributed by atoms with Crippen molar-refractivity contribution in [3.63, 3.8) is 0 Å². The molecule has 1 atom stereocenters. The van der Waals surface area contributed by atoms with E-state index in [0.29, 0.717) is 37.7 Å². The minimum atomic E-state index is -0.438. The molecule has 1 saturated heterocycles. The topological polar surface area (TPSA) is 128 Å². The van der Waals surface area contributed by atoms with Crippen LogP contribution < -0.4 is 26.4 Å². The minimum Gasteiger partial charge on any atom is -0.444 e. The second kappa shape index (κ2) is 9.82. The molecule has 2 aliphatic rings. The monoisotopic (exact) mass is 426 g/mol. The van der Waals surface area contributed by atoms with Crippen LogP contribution in [-0.2, 0) is 4.74 Å². The third kappa shape index (κ3) is 5.75. The van der Waals surface area contributed by atoms with Crippen LogP contribution >= 0.6 is 11.6 Å². The molecule has 11 heteroatoms. The van der Waals surface area contributed by atoms with E-state index in [1.807, 2.05) is 4.90 Å². The standard InChI is InChI=1S/C18H27ClN6O4/c1-20-17(27)21-8-11-2-4-12(5-3-11)23-18(28)29-13-6-7-25(10-13)14-9-22-24-16(26)15(14)19/h9,11-13H,2-8,10H2,1H3,(H,23,28)(H,24,26)(H2,20,21,27)/t11-,12-,13-/m1/s1. The maximum absolute atomic E-state index is 12.3. The Kier molecular flexibility index (Phi) is 7.18. The van der Waals surface area contributed by atoms with Crippen molar-refractivity contribution in [3.8, 4) is 0 Å². The number of hydrogen-bond donors (Lipinski definition) is 4. The largest absolute Gasteiger partial charge is 0.444 e. The van der Waals surface area contributed by atoms with E-state index >= 15 is 0 Å². The summed E-state index contributed by atoms with van der Waals surface area (Å²) in [5.41, 5.74) is 0.109. The number of rotatable bonds is 5. The number of carbonyl (C=O) groups is 2. The Morgan fingerprint density at radius 3 is 2.79 bits per heavy atom. The number of aromatic nitrogens is 2. The van der Waals surface area contributed by atoms with Gasteiger partial charge < -0.3 is 25.6 Å². The van der Waals surface area contributed by atoms with Crippen LogP contribution in [0.5, 0.6) is 0 Å². The molecule has 0 spiro atoms. The predicted molar refractivity (Wildman–Crippen MR) is 108 cm³/mol. The summed E-state index contributed by atoms with van der Waals surface area (Å²) in [4.78, 5) is 37.0. The number of anilines is 1. The fourth-order valence-electron chi connectivity index (χ4n) is 3.83. The molecule has 2 fully saturated rings. The van der Waals surface area contributed by atoms with Gasteiger partial charge in [0.05, 0.1) is 18.4 Å². The fraction of sp³-hybridized carbons (Fsp3) is 0.667. The van der Waals surface area contributed by atoms with Gasteiger partial charge in [-0.15, -0.1) is 0 Å². The number of amides is 3. The average molecular weight is 427 g/mol. The van der Waals surface area contributed by atoms with Gasteiger partial charge in [-0.3, -0.25) is 4.79 Å². The van der Waals surface area contributed by atoms with Crippen LogP contribution in [0.1, 0.15) is 32.1 Å². The van der Waals surface area contributed by atoms with Gasteiger partial charge in [0.25, 0.3) is 5.56 Å². The van der Waals surface area contributed by atoms with E-state index in [-0.39, 0.29) is 23.2 Å². The lowest BCUT2D eigenvalue weighted by molar-refractivity contribution is 0.102. The first-order valence-electron chi connectivity index (χ1n) is 9.87. The van der Waals surface area contributed by atoms with Crippen LogP contribution in [0.3, 0.4) is 0 Å². The first-order valence-corrected chi connectivity index (χ1v) is 10.2. The highest BCUT2D eigenvalue weighted by atomic mass is 35.5. The predicted octanol–water partition coefficient (Wildman–Crippen LogP) is 1.22. The summed E-state index contributed by atoms with van der Waals surface area (Å²) < 4.78 is 5.55. The Hall–Kier alpha value is -2.49. The Balaban J connectivity index is 1.39. The summed E-state index contributed by atoms with van der Waals surface area (Å²) in [7, 11) is 1.59. The lowest BCUT2D eigenvalue weighted by atomic mass is 9.86. The molecule has 3 rings (SSSR count).